The maximum absolute atomic E-state index is 12.6. The van der Waals surface area contributed by atoms with Crippen LogP contribution in [-0.4, -0.2) is 44.7 Å². The number of benzene rings is 1. The van der Waals surface area contributed by atoms with E-state index in [0.29, 0.717) is 42.8 Å². The highest BCUT2D eigenvalue weighted by Crippen LogP contribution is 2.26. The van der Waals surface area contributed by atoms with E-state index in [-0.39, 0.29) is 18.2 Å². The van der Waals surface area contributed by atoms with Crippen LogP contribution in [0.15, 0.2) is 23.2 Å². The molecule has 3 N–H and O–H groups in total. The highest BCUT2D eigenvalue weighted by atomic mass is 19.3. The number of hydrogen-bond donors (Lipinski definition) is 3. The lowest BCUT2D eigenvalue weighted by molar-refractivity contribution is -0.121. The molecule has 0 spiro atoms. The van der Waals surface area contributed by atoms with E-state index in [4.69, 9.17) is 4.74 Å². The molecule has 29 heavy (non-hydrogen) atoms. The second-order valence-electron chi connectivity index (χ2n) is 6.77. The lowest BCUT2D eigenvalue weighted by Gasteiger charge is -2.14. The van der Waals surface area contributed by atoms with E-state index in [9.17, 15) is 13.6 Å². The number of methoxy groups -OCH3 is 1. The highest BCUT2D eigenvalue weighted by molar-refractivity contribution is 5.81. The van der Waals surface area contributed by atoms with Gasteiger partial charge in [0.05, 0.1) is 13.7 Å². The summed E-state index contributed by atoms with van der Waals surface area (Å²) in [4.78, 5) is 16.4. The van der Waals surface area contributed by atoms with Crippen molar-refractivity contribution in [2.45, 2.75) is 58.2 Å². The van der Waals surface area contributed by atoms with Crippen LogP contribution in [0.5, 0.6) is 11.5 Å². The van der Waals surface area contributed by atoms with Crippen LogP contribution < -0.4 is 25.4 Å². The van der Waals surface area contributed by atoms with Gasteiger partial charge in [0.1, 0.15) is 11.5 Å². The molecule has 1 aromatic carbocycles. The van der Waals surface area contributed by atoms with Crippen LogP contribution in [0.25, 0.3) is 0 Å². The summed E-state index contributed by atoms with van der Waals surface area (Å²) in [5.41, 5.74) is 0.473. The third kappa shape index (κ3) is 8.13. The molecule has 0 saturated heterocycles. The molecule has 2 rings (SSSR count). The number of ether oxygens (including phenoxy) is 2. The molecule has 1 aliphatic rings. The van der Waals surface area contributed by atoms with Gasteiger partial charge in [-0.25, -0.2) is 4.99 Å². The molecule has 1 aliphatic carbocycles. The minimum Gasteiger partial charge on any atom is -0.497 e. The van der Waals surface area contributed by atoms with Crippen LogP contribution >= 0.6 is 0 Å². The summed E-state index contributed by atoms with van der Waals surface area (Å²) in [6.07, 6.45) is 4.77. The molecule has 0 bridgehead atoms. The number of guanidine groups is 1. The topological polar surface area (TPSA) is 84.0 Å². The van der Waals surface area contributed by atoms with Crippen molar-refractivity contribution in [2.24, 2.45) is 4.99 Å². The predicted molar refractivity (Wildman–Crippen MR) is 107 cm³/mol. The molecule has 0 aromatic heterocycles. The standard InChI is InChI=1S/C20H30F2N4O3/c1-3-23-20(24-11-10-18(27)26-15-6-4-5-7-15)25-13-14-12-16(28-2)8-9-17(14)29-19(21)22/h8-9,12,15,19H,3-7,10-11,13H2,1-2H3,(H,26,27)(H2,23,24,25). The molecule has 0 unspecified atom stereocenters. The van der Waals surface area contributed by atoms with E-state index in [1.54, 1.807) is 12.1 Å². The molecule has 1 saturated carbocycles. The Balaban J connectivity index is 1.92. The second kappa shape index (κ2) is 12.1. The molecule has 1 amide bonds. The highest BCUT2D eigenvalue weighted by Gasteiger charge is 2.16. The van der Waals surface area contributed by atoms with Gasteiger partial charge >= 0.3 is 6.61 Å². The number of nitrogens with zero attached hydrogens (tertiary/aromatic N) is 1. The molecule has 9 heteroatoms. The van der Waals surface area contributed by atoms with E-state index in [0.717, 1.165) is 12.8 Å². The summed E-state index contributed by atoms with van der Waals surface area (Å²) in [6.45, 7) is 0.154. The summed E-state index contributed by atoms with van der Waals surface area (Å²) in [6, 6.07) is 4.89. The first kappa shape index (κ1) is 22.7. The summed E-state index contributed by atoms with van der Waals surface area (Å²) in [5.74, 6) is 1.09. The SMILES string of the molecule is CCNC(=NCc1cc(OC)ccc1OC(F)F)NCCC(=O)NC1CCCC1. The van der Waals surface area contributed by atoms with Gasteiger partial charge in [-0.05, 0) is 38.0 Å². The number of halogens is 2. The van der Waals surface area contributed by atoms with Crippen molar-refractivity contribution in [2.75, 3.05) is 20.2 Å². The van der Waals surface area contributed by atoms with Crippen LogP contribution in [0.2, 0.25) is 0 Å². The first-order valence-electron chi connectivity index (χ1n) is 9.95. The second-order valence-corrected chi connectivity index (χ2v) is 6.77. The Bertz CT molecular complexity index is 680. The van der Waals surface area contributed by atoms with Gasteiger partial charge in [0, 0.05) is 31.1 Å². The fourth-order valence-corrected chi connectivity index (χ4v) is 3.19. The summed E-state index contributed by atoms with van der Waals surface area (Å²) >= 11 is 0. The van der Waals surface area contributed by atoms with Gasteiger partial charge in [-0.15, -0.1) is 0 Å². The third-order valence-electron chi connectivity index (χ3n) is 4.60. The molecule has 0 atom stereocenters. The molecule has 1 fully saturated rings. The Morgan fingerprint density at radius 2 is 2.03 bits per heavy atom. The number of carbonyl (C=O) groups is 1. The van der Waals surface area contributed by atoms with Gasteiger partial charge < -0.3 is 25.4 Å². The van der Waals surface area contributed by atoms with Crippen molar-refractivity contribution in [3.8, 4) is 11.5 Å². The molecule has 0 aliphatic heterocycles. The molecule has 162 valence electrons. The number of aliphatic imine (C=N–C) groups is 1. The Morgan fingerprint density at radius 1 is 1.28 bits per heavy atom. The molecular weight excluding hydrogens is 382 g/mol. The van der Waals surface area contributed by atoms with Crippen molar-refractivity contribution in [1.82, 2.24) is 16.0 Å². The van der Waals surface area contributed by atoms with E-state index in [2.05, 4.69) is 25.7 Å². The Kier molecular flexibility index (Phi) is 9.46. The Hall–Kier alpha value is -2.58. The Labute approximate surface area is 170 Å². The number of rotatable bonds is 10. The number of hydrogen-bond acceptors (Lipinski definition) is 4. The van der Waals surface area contributed by atoms with Crippen molar-refractivity contribution < 1.29 is 23.0 Å². The van der Waals surface area contributed by atoms with Gasteiger partial charge in [-0.2, -0.15) is 8.78 Å². The van der Waals surface area contributed by atoms with Crippen LogP contribution in [0.3, 0.4) is 0 Å². The monoisotopic (exact) mass is 412 g/mol. The van der Waals surface area contributed by atoms with E-state index < -0.39 is 6.61 Å². The van der Waals surface area contributed by atoms with Gasteiger partial charge in [-0.1, -0.05) is 12.8 Å². The third-order valence-corrected chi connectivity index (χ3v) is 4.60. The maximum Gasteiger partial charge on any atom is 0.387 e. The number of nitrogens with one attached hydrogen (secondary N) is 3. The quantitative estimate of drug-likeness (QED) is 0.407. The minimum absolute atomic E-state index is 0.0145. The van der Waals surface area contributed by atoms with Crippen LogP contribution in [0.1, 0.15) is 44.6 Å². The normalized spacial score (nSPS) is 14.7. The van der Waals surface area contributed by atoms with E-state index in [1.807, 2.05) is 6.92 Å². The minimum atomic E-state index is -2.92. The van der Waals surface area contributed by atoms with Crippen molar-refractivity contribution in [3.05, 3.63) is 23.8 Å². The molecule has 0 heterocycles. The smallest absolute Gasteiger partial charge is 0.387 e. The maximum atomic E-state index is 12.6. The zero-order chi connectivity index (χ0) is 21.1. The van der Waals surface area contributed by atoms with Crippen molar-refractivity contribution >= 4 is 11.9 Å². The lowest BCUT2D eigenvalue weighted by atomic mass is 10.2. The molecular formula is C20H30F2N4O3. The van der Waals surface area contributed by atoms with Crippen LogP contribution in [0.4, 0.5) is 8.78 Å². The predicted octanol–water partition coefficient (Wildman–Crippen LogP) is 2.80. The summed E-state index contributed by atoms with van der Waals surface area (Å²) in [7, 11) is 1.50. The lowest BCUT2D eigenvalue weighted by Crippen LogP contribution is -2.40. The van der Waals surface area contributed by atoms with Gasteiger partial charge in [0.25, 0.3) is 0 Å². The van der Waals surface area contributed by atoms with E-state index in [1.165, 1.54) is 26.0 Å². The average Bonchev–Trinajstić information content (AvgIpc) is 3.19. The van der Waals surface area contributed by atoms with Crippen molar-refractivity contribution in [1.29, 1.82) is 0 Å². The zero-order valence-electron chi connectivity index (χ0n) is 17.0. The summed E-state index contributed by atoms with van der Waals surface area (Å²) < 4.78 is 35.0. The number of alkyl halides is 2. The van der Waals surface area contributed by atoms with Gasteiger partial charge in [0.2, 0.25) is 5.91 Å². The molecule has 7 nitrogen and oxygen atoms in total. The van der Waals surface area contributed by atoms with Crippen LogP contribution in [-0.2, 0) is 11.3 Å². The zero-order valence-corrected chi connectivity index (χ0v) is 17.0. The number of amides is 1. The summed E-state index contributed by atoms with van der Waals surface area (Å²) in [5, 5.41) is 9.21. The number of carbonyl (C=O) groups excluding carboxylic acids is 1. The first-order valence-corrected chi connectivity index (χ1v) is 9.95. The van der Waals surface area contributed by atoms with Crippen molar-refractivity contribution in [3.63, 3.8) is 0 Å². The van der Waals surface area contributed by atoms with E-state index >= 15 is 0 Å². The van der Waals surface area contributed by atoms with Crippen LogP contribution in [0, 0.1) is 0 Å². The average molecular weight is 412 g/mol. The molecule has 1 aromatic rings. The Morgan fingerprint density at radius 3 is 2.69 bits per heavy atom. The fourth-order valence-electron chi connectivity index (χ4n) is 3.19. The largest absolute Gasteiger partial charge is 0.497 e. The first-order chi connectivity index (χ1) is 14.0. The van der Waals surface area contributed by atoms with Gasteiger partial charge in [0.15, 0.2) is 5.96 Å². The van der Waals surface area contributed by atoms with Gasteiger partial charge in [-0.3, -0.25) is 4.79 Å². The fraction of sp³-hybridized carbons (Fsp3) is 0.600. The molecule has 0 radical (unpaired) electrons.